The number of fused-ring (bicyclic) bond motifs is 1. The standard InChI is InChI=1S/C19H33N3O/c1-13-16(18(2,3)4)15-10-21(14-11-23-12-14)8-9-22(15)17(20-13)19(5,6)7/h13-14H,8-12H2,1-7H3/t13-/m0/s1. The highest BCUT2D eigenvalue weighted by Crippen LogP contribution is 2.40. The van der Waals surface area contributed by atoms with E-state index in [1.165, 1.54) is 17.1 Å². The molecule has 0 spiro atoms. The van der Waals surface area contributed by atoms with Crippen molar-refractivity contribution in [3.63, 3.8) is 0 Å². The zero-order valence-corrected chi connectivity index (χ0v) is 15.9. The monoisotopic (exact) mass is 319 g/mol. The van der Waals surface area contributed by atoms with Crippen molar-refractivity contribution in [3.05, 3.63) is 11.3 Å². The minimum atomic E-state index is 0.0880. The molecular weight excluding hydrogens is 286 g/mol. The fourth-order valence-corrected chi connectivity index (χ4v) is 4.15. The van der Waals surface area contributed by atoms with E-state index in [0.29, 0.717) is 6.04 Å². The molecule has 0 aromatic rings. The molecule has 0 bridgehead atoms. The third-order valence-corrected chi connectivity index (χ3v) is 5.21. The zero-order chi connectivity index (χ0) is 17.0. The topological polar surface area (TPSA) is 28.1 Å². The third kappa shape index (κ3) is 3.08. The molecule has 0 radical (unpaired) electrons. The van der Waals surface area contributed by atoms with E-state index in [-0.39, 0.29) is 16.9 Å². The van der Waals surface area contributed by atoms with Crippen molar-refractivity contribution in [1.29, 1.82) is 0 Å². The Morgan fingerprint density at radius 3 is 2.13 bits per heavy atom. The van der Waals surface area contributed by atoms with Gasteiger partial charge in [-0.2, -0.15) is 0 Å². The molecule has 3 rings (SSSR count). The first kappa shape index (κ1) is 17.0. The van der Waals surface area contributed by atoms with Gasteiger partial charge in [-0.25, -0.2) is 0 Å². The largest absolute Gasteiger partial charge is 0.378 e. The van der Waals surface area contributed by atoms with Gasteiger partial charge in [-0.05, 0) is 17.9 Å². The molecular formula is C19H33N3O. The highest BCUT2D eigenvalue weighted by atomic mass is 16.5. The van der Waals surface area contributed by atoms with Gasteiger partial charge in [0.05, 0.1) is 25.3 Å². The van der Waals surface area contributed by atoms with Gasteiger partial charge in [0.15, 0.2) is 0 Å². The minimum absolute atomic E-state index is 0.0880. The maximum atomic E-state index is 5.42. The SMILES string of the molecule is C[C@@H]1N=C(C(C)(C)C)N2CCN(C3COC3)CC2=C1C(C)(C)C. The Labute approximate surface area is 141 Å². The Balaban J connectivity index is 1.99. The molecule has 3 heterocycles. The number of hydrogen-bond acceptors (Lipinski definition) is 4. The lowest BCUT2D eigenvalue weighted by atomic mass is 9.78. The molecule has 0 unspecified atom stereocenters. The van der Waals surface area contributed by atoms with E-state index >= 15 is 0 Å². The van der Waals surface area contributed by atoms with Gasteiger partial charge in [0.2, 0.25) is 0 Å². The van der Waals surface area contributed by atoms with Crippen molar-refractivity contribution in [2.75, 3.05) is 32.8 Å². The van der Waals surface area contributed by atoms with Crippen LogP contribution in [-0.4, -0.2) is 60.6 Å². The molecule has 0 aliphatic carbocycles. The first-order chi connectivity index (χ1) is 10.6. The van der Waals surface area contributed by atoms with E-state index in [2.05, 4.69) is 58.3 Å². The average molecular weight is 319 g/mol. The fourth-order valence-electron chi connectivity index (χ4n) is 4.15. The second-order valence-electron chi connectivity index (χ2n) is 9.30. The van der Waals surface area contributed by atoms with Crippen LogP contribution in [0.3, 0.4) is 0 Å². The summed E-state index contributed by atoms with van der Waals surface area (Å²) in [7, 11) is 0. The summed E-state index contributed by atoms with van der Waals surface area (Å²) in [5, 5.41) is 0. The highest BCUT2D eigenvalue weighted by Gasteiger charge is 2.41. The molecule has 0 saturated carbocycles. The Kier molecular flexibility index (Phi) is 4.13. The van der Waals surface area contributed by atoms with E-state index in [1.54, 1.807) is 0 Å². The molecule has 0 aromatic heterocycles. The first-order valence-corrected chi connectivity index (χ1v) is 9.00. The van der Waals surface area contributed by atoms with Gasteiger partial charge in [0.1, 0.15) is 5.84 Å². The van der Waals surface area contributed by atoms with Crippen molar-refractivity contribution in [2.45, 2.75) is 60.5 Å². The van der Waals surface area contributed by atoms with Crippen LogP contribution in [0.15, 0.2) is 16.3 Å². The number of nitrogens with zero attached hydrogens (tertiary/aromatic N) is 3. The summed E-state index contributed by atoms with van der Waals surface area (Å²) in [6.07, 6.45) is 0. The van der Waals surface area contributed by atoms with Crippen LogP contribution in [0.5, 0.6) is 0 Å². The van der Waals surface area contributed by atoms with Crippen molar-refractivity contribution in [1.82, 2.24) is 9.80 Å². The maximum absolute atomic E-state index is 5.42. The number of piperazine rings is 1. The number of aliphatic imine (C=N–C) groups is 1. The average Bonchev–Trinajstić information content (AvgIpc) is 2.32. The van der Waals surface area contributed by atoms with E-state index in [0.717, 1.165) is 32.8 Å². The van der Waals surface area contributed by atoms with Gasteiger partial charge >= 0.3 is 0 Å². The molecule has 3 aliphatic rings. The van der Waals surface area contributed by atoms with E-state index in [9.17, 15) is 0 Å². The summed E-state index contributed by atoms with van der Waals surface area (Å²) in [6, 6.07) is 0.881. The van der Waals surface area contributed by atoms with Crippen molar-refractivity contribution in [2.24, 2.45) is 15.8 Å². The molecule has 130 valence electrons. The second kappa shape index (κ2) is 5.59. The Morgan fingerprint density at radius 1 is 1.00 bits per heavy atom. The molecule has 0 amide bonds. The smallest absolute Gasteiger partial charge is 0.109 e. The number of hydrogen-bond donors (Lipinski definition) is 0. The van der Waals surface area contributed by atoms with Gasteiger partial charge in [0.25, 0.3) is 0 Å². The van der Waals surface area contributed by atoms with Crippen LogP contribution in [0.25, 0.3) is 0 Å². The summed E-state index contributed by atoms with van der Waals surface area (Å²) >= 11 is 0. The summed E-state index contributed by atoms with van der Waals surface area (Å²) in [4.78, 5) is 10.3. The molecule has 2 saturated heterocycles. The highest BCUT2D eigenvalue weighted by molar-refractivity contribution is 5.90. The van der Waals surface area contributed by atoms with Crippen molar-refractivity contribution in [3.8, 4) is 0 Å². The number of rotatable bonds is 1. The Bertz CT molecular complexity index is 532. The summed E-state index contributed by atoms with van der Waals surface area (Å²) in [6.45, 7) is 21.1. The number of amidine groups is 1. The van der Waals surface area contributed by atoms with Crippen LogP contribution in [0, 0.1) is 10.8 Å². The van der Waals surface area contributed by atoms with Crippen LogP contribution in [0.1, 0.15) is 48.5 Å². The van der Waals surface area contributed by atoms with E-state index in [1.807, 2.05) is 0 Å². The first-order valence-electron chi connectivity index (χ1n) is 9.00. The number of ether oxygens (including phenoxy) is 1. The summed E-state index contributed by atoms with van der Waals surface area (Å²) in [5.41, 5.74) is 3.25. The van der Waals surface area contributed by atoms with Crippen LogP contribution < -0.4 is 0 Å². The normalized spacial score (nSPS) is 27.7. The summed E-state index contributed by atoms with van der Waals surface area (Å²) in [5.74, 6) is 1.26. The molecule has 2 fully saturated rings. The van der Waals surface area contributed by atoms with Crippen LogP contribution in [0.2, 0.25) is 0 Å². The quantitative estimate of drug-likeness (QED) is 0.743. The molecule has 23 heavy (non-hydrogen) atoms. The maximum Gasteiger partial charge on any atom is 0.109 e. The second-order valence-corrected chi connectivity index (χ2v) is 9.30. The van der Waals surface area contributed by atoms with Gasteiger partial charge in [-0.15, -0.1) is 0 Å². The predicted octanol–water partition coefficient (Wildman–Crippen LogP) is 3.15. The van der Waals surface area contributed by atoms with Gasteiger partial charge in [-0.3, -0.25) is 9.89 Å². The molecule has 4 heteroatoms. The van der Waals surface area contributed by atoms with Crippen molar-refractivity contribution >= 4 is 5.84 Å². The van der Waals surface area contributed by atoms with E-state index in [4.69, 9.17) is 9.73 Å². The fraction of sp³-hybridized carbons (Fsp3) is 0.842. The summed E-state index contributed by atoms with van der Waals surface area (Å²) < 4.78 is 5.42. The molecule has 0 N–H and O–H groups in total. The van der Waals surface area contributed by atoms with Gasteiger partial charge < -0.3 is 9.64 Å². The lowest BCUT2D eigenvalue weighted by molar-refractivity contribution is -0.0688. The predicted molar refractivity (Wildman–Crippen MR) is 95.7 cm³/mol. The van der Waals surface area contributed by atoms with Gasteiger partial charge in [0, 0.05) is 30.7 Å². The van der Waals surface area contributed by atoms with Crippen LogP contribution in [0.4, 0.5) is 0 Å². The molecule has 4 nitrogen and oxygen atoms in total. The molecule has 1 atom stereocenters. The van der Waals surface area contributed by atoms with Crippen LogP contribution >= 0.6 is 0 Å². The van der Waals surface area contributed by atoms with E-state index < -0.39 is 0 Å². The lowest BCUT2D eigenvalue weighted by Crippen LogP contribution is -2.59. The lowest BCUT2D eigenvalue weighted by Gasteiger charge is -2.50. The van der Waals surface area contributed by atoms with Gasteiger partial charge in [-0.1, -0.05) is 41.5 Å². The Hall–Kier alpha value is -0.870. The third-order valence-electron chi connectivity index (χ3n) is 5.21. The minimum Gasteiger partial charge on any atom is -0.378 e. The molecule has 3 aliphatic heterocycles. The van der Waals surface area contributed by atoms with Crippen LogP contribution in [-0.2, 0) is 4.74 Å². The molecule has 0 aromatic carbocycles. The zero-order valence-electron chi connectivity index (χ0n) is 15.9. The Morgan fingerprint density at radius 2 is 1.65 bits per heavy atom. The van der Waals surface area contributed by atoms with Crippen molar-refractivity contribution < 1.29 is 4.74 Å².